The molecule has 0 spiro atoms. The average Bonchev–Trinajstić information content (AvgIpc) is 2.46. The summed E-state index contributed by atoms with van der Waals surface area (Å²) in [6.45, 7) is 13.0. The first-order valence-electron chi connectivity index (χ1n) is 8.71. The molecule has 2 heteroatoms. The molecule has 0 heterocycles. The Hall–Kier alpha value is -2.09. The molecule has 0 aliphatic carbocycles. The molecule has 0 aromatic heterocycles. The van der Waals surface area contributed by atoms with Crippen LogP contribution >= 0.6 is 0 Å². The van der Waals surface area contributed by atoms with Gasteiger partial charge in [0.1, 0.15) is 0 Å². The zero-order valence-corrected chi connectivity index (χ0v) is 15.9. The highest BCUT2D eigenvalue weighted by Crippen LogP contribution is 2.22. The summed E-state index contributed by atoms with van der Waals surface area (Å²) < 4.78 is 0. The molecule has 0 saturated heterocycles. The van der Waals surface area contributed by atoms with E-state index in [1.54, 1.807) is 0 Å². The van der Waals surface area contributed by atoms with Crippen molar-refractivity contribution in [1.29, 1.82) is 0 Å². The minimum absolute atomic E-state index is 0.205. The number of nitrogens with zero attached hydrogens (tertiary/aromatic N) is 1. The first-order valence-corrected chi connectivity index (χ1v) is 8.71. The monoisotopic (exact) mass is 322 g/mol. The highest BCUT2D eigenvalue weighted by molar-refractivity contribution is 5.93. The Balaban J connectivity index is 1.97. The summed E-state index contributed by atoms with van der Waals surface area (Å²) in [5.41, 5.74) is 5.26. The average molecular weight is 322 g/mol. The number of hydrogen-bond donors (Lipinski definition) is 1. The molecule has 24 heavy (non-hydrogen) atoms. The minimum Gasteiger partial charge on any atom is -0.344 e. The lowest BCUT2D eigenvalue weighted by Gasteiger charge is -2.19. The standard InChI is InChI=1S/C22H30N2/c1-16-8-7-9-21(14-16)24-18(3)23-17(2)15-19-10-12-20(13-11-19)22(4,5)6/h7-14,17H,15H2,1-6H3,(H,23,24). The number of anilines is 1. The number of rotatable bonds is 4. The molecule has 1 unspecified atom stereocenters. The van der Waals surface area contributed by atoms with Crippen molar-refractivity contribution >= 4 is 11.5 Å². The molecule has 2 aromatic rings. The molecule has 0 aliphatic heterocycles. The molecule has 0 bridgehead atoms. The van der Waals surface area contributed by atoms with E-state index in [2.05, 4.69) is 88.5 Å². The molecular formula is C22H30N2. The van der Waals surface area contributed by atoms with Gasteiger partial charge in [-0.2, -0.15) is 0 Å². The van der Waals surface area contributed by atoms with Crippen LogP contribution in [0.25, 0.3) is 0 Å². The molecule has 1 N–H and O–H groups in total. The largest absolute Gasteiger partial charge is 0.344 e. The number of nitrogens with one attached hydrogen (secondary N) is 1. The quantitative estimate of drug-likeness (QED) is 0.562. The summed E-state index contributed by atoms with van der Waals surface area (Å²) in [6.07, 6.45) is 0.956. The van der Waals surface area contributed by atoms with Crippen LogP contribution in [-0.4, -0.2) is 11.9 Å². The number of hydrogen-bond acceptors (Lipinski definition) is 1. The van der Waals surface area contributed by atoms with Gasteiger partial charge in [-0.25, -0.2) is 0 Å². The first-order chi connectivity index (χ1) is 11.2. The van der Waals surface area contributed by atoms with Crippen LogP contribution in [-0.2, 0) is 11.8 Å². The molecule has 128 valence electrons. The summed E-state index contributed by atoms with van der Waals surface area (Å²) in [5.74, 6) is 0.958. The van der Waals surface area contributed by atoms with Gasteiger partial charge >= 0.3 is 0 Å². The second kappa shape index (κ2) is 7.65. The van der Waals surface area contributed by atoms with Gasteiger partial charge in [0.25, 0.3) is 0 Å². The highest BCUT2D eigenvalue weighted by atomic mass is 15.0. The van der Waals surface area contributed by atoms with Crippen molar-refractivity contribution < 1.29 is 0 Å². The second-order valence-corrected chi connectivity index (χ2v) is 7.71. The summed E-state index contributed by atoms with van der Waals surface area (Å²) in [5, 5.41) is 3.38. The maximum atomic E-state index is 4.77. The smallest absolute Gasteiger partial charge is 0.0978 e. The summed E-state index contributed by atoms with van der Waals surface area (Å²) in [6, 6.07) is 17.6. The fraction of sp³-hybridized carbons (Fsp3) is 0.409. The minimum atomic E-state index is 0.205. The lowest BCUT2D eigenvalue weighted by molar-refractivity contribution is 0.589. The summed E-state index contributed by atoms with van der Waals surface area (Å²) in [4.78, 5) is 4.77. The number of aliphatic imine (C=N–C) groups is 1. The molecule has 2 nitrogen and oxygen atoms in total. The molecule has 0 fully saturated rings. The van der Waals surface area contributed by atoms with Crippen molar-refractivity contribution in [3.63, 3.8) is 0 Å². The lowest BCUT2D eigenvalue weighted by Crippen LogP contribution is -2.14. The van der Waals surface area contributed by atoms with Crippen molar-refractivity contribution in [2.24, 2.45) is 4.99 Å². The van der Waals surface area contributed by atoms with Crippen molar-refractivity contribution in [3.05, 3.63) is 65.2 Å². The maximum Gasteiger partial charge on any atom is 0.0978 e. The van der Waals surface area contributed by atoms with Crippen LogP contribution < -0.4 is 5.32 Å². The van der Waals surface area contributed by atoms with Gasteiger partial charge < -0.3 is 5.32 Å². The third kappa shape index (κ3) is 5.52. The Morgan fingerprint density at radius 3 is 2.33 bits per heavy atom. The Morgan fingerprint density at radius 1 is 1.08 bits per heavy atom. The Bertz CT molecular complexity index is 691. The number of amidine groups is 1. The van der Waals surface area contributed by atoms with E-state index in [-0.39, 0.29) is 11.5 Å². The molecule has 2 aromatic carbocycles. The summed E-state index contributed by atoms with van der Waals surface area (Å²) in [7, 11) is 0. The van der Waals surface area contributed by atoms with Crippen molar-refractivity contribution in [2.75, 3.05) is 5.32 Å². The fourth-order valence-corrected chi connectivity index (χ4v) is 2.82. The van der Waals surface area contributed by atoms with E-state index in [0.29, 0.717) is 0 Å². The molecule has 0 amide bonds. The van der Waals surface area contributed by atoms with Crippen LogP contribution in [0.1, 0.15) is 51.3 Å². The first kappa shape index (κ1) is 18.3. The Labute approximate surface area is 147 Å². The van der Waals surface area contributed by atoms with E-state index in [1.165, 1.54) is 16.7 Å². The van der Waals surface area contributed by atoms with Gasteiger partial charge in [0.15, 0.2) is 0 Å². The molecule has 1 atom stereocenters. The lowest BCUT2D eigenvalue weighted by atomic mass is 9.86. The predicted molar refractivity (Wildman–Crippen MR) is 106 cm³/mol. The van der Waals surface area contributed by atoms with E-state index in [4.69, 9.17) is 4.99 Å². The third-order valence-electron chi connectivity index (χ3n) is 4.11. The van der Waals surface area contributed by atoms with E-state index in [1.807, 2.05) is 6.92 Å². The zero-order chi connectivity index (χ0) is 17.7. The van der Waals surface area contributed by atoms with E-state index < -0.39 is 0 Å². The number of benzene rings is 2. The predicted octanol–water partition coefficient (Wildman–Crippen LogP) is 5.75. The van der Waals surface area contributed by atoms with Crippen molar-refractivity contribution in [2.45, 2.75) is 59.4 Å². The topological polar surface area (TPSA) is 24.4 Å². The van der Waals surface area contributed by atoms with Crippen LogP contribution in [0.15, 0.2) is 53.5 Å². The Morgan fingerprint density at radius 2 is 1.75 bits per heavy atom. The van der Waals surface area contributed by atoms with Crippen molar-refractivity contribution in [1.82, 2.24) is 0 Å². The van der Waals surface area contributed by atoms with Gasteiger partial charge in [-0.3, -0.25) is 4.99 Å². The third-order valence-corrected chi connectivity index (χ3v) is 4.11. The van der Waals surface area contributed by atoms with Crippen LogP contribution in [0.3, 0.4) is 0 Å². The van der Waals surface area contributed by atoms with Crippen LogP contribution in [0, 0.1) is 6.92 Å². The zero-order valence-electron chi connectivity index (χ0n) is 15.9. The van der Waals surface area contributed by atoms with Gasteiger partial charge in [-0.1, -0.05) is 57.2 Å². The molecule has 0 aliphatic rings. The van der Waals surface area contributed by atoms with Crippen LogP contribution in [0.4, 0.5) is 5.69 Å². The fourth-order valence-electron chi connectivity index (χ4n) is 2.82. The molecule has 0 saturated carbocycles. The van der Waals surface area contributed by atoms with Gasteiger partial charge in [0, 0.05) is 5.69 Å². The van der Waals surface area contributed by atoms with E-state index >= 15 is 0 Å². The van der Waals surface area contributed by atoms with E-state index in [0.717, 1.165) is 17.9 Å². The Kier molecular flexibility index (Phi) is 5.82. The normalized spacial score (nSPS) is 13.7. The van der Waals surface area contributed by atoms with Crippen LogP contribution in [0.5, 0.6) is 0 Å². The van der Waals surface area contributed by atoms with Crippen LogP contribution in [0.2, 0.25) is 0 Å². The van der Waals surface area contributed by atoms with Gasteiger partial charge in [0.05, 0.1) is 11.9 Å². The SMILES string of the molecule is CC(=NC(C)Cc1ccc(C(C)(C)C)cc1)Nc1cccc(C)c1. The van der Waals surface area contributed by atoms with Gasteiger partial charge in [-0.05, 0) is 61.4 Å². The molecule has 0 radical (unpaired) electrons. The molecular weight excluding hydrogens is 292 g/mol. The molecule has 2 rings (SSSR count). The maximum absolute atomic E-state index is 4.77. The van der Waals surface area contributed by atoms with Gasteiger partial charge in [-0.15, -0.1) is 0 Å². The van der Waals surface area contributed by atoms with Gasteiger partial charge in [0.2, 0.25) is 0 Å². The second-order valence-electron chi connectivity index (χ2n) is 7.71. The summed E-state index contributed by atoms with van der Waals surface area (Å²) >= 11 is 0. The highest BCUT2D eigenvalue weighted by Gasteiger charge is 2.13. The number of aryl methyl sites for hydroxylation is 1. The van der Waals surface area contributed by atoms with Crippen molar-refractivity contribution in [3.8, 4) is 0 Å². The van der Waals surface area contributed by atoms with E-state index in [9.17, 15) is 0 Å².